The molecule has 0 unspecified atom stereocenters. The van der Waals surface area contributed by atoms with Crippen LogP contribution in [0.3, 0.4) is 0 Å². The fourth-order valence-corrected chi connectivity index (χ4v) is 2.43. The number of benzene rings is 1. The summed E-state index contributed by atoms with van der Waals surface area (Å²) in [7, 11) is 1.59. The van der Waals surface area contributed by atoms with E-state index in [1.165, 1.54) is 12.1 Å². The number of likely N-dealkylation sites (N-methyl/N-ethyl adjacent to an activating group) is 1. The lowest BCUT2D eigenvalue weighted by Crippen LogP contribution is -2.26. The molecule has 0 bridgehead atoms. The lowest BCUT2D eigenvalue weighted by Gasteiger charge is -2.18. The highest BCUT2D eigenvalue weighted by molar-refractivity contribution is 14.1. The van der Waals surface area contributed by atoms with E-state index in [9.17, 15) is 14.7 Å². The minimum absolute atomic E-state index is 0.0934. The summed E-state index contributed by atoms with van der Waals surface area (Å²) < 4.78 is 0.305. The first kappa shape index (κ1) is 11.1. The summed E-state index contributed by atoms with van der Waals surface area (Å²) in [5.74, 6) is -0.741. The number of fused-ring (bicyclic) bond motifs is 1. The van der Waals surface area contributed by atoms with Gasteiger partial charge in [-0.1, -0.05) is 6.07 Å². The fraction of sp³-hybridized carbons (Fsp3) is 0.0909. The van der Waals surface area contributed by atoms with Crippen molar-refractivity contribution >= 4 is 34.2 Å². The summed E-state index contributed by atoms with van der Waals surface area (Å²) in [4.78, 5) is 23.9. The van der Waals surface area contributed by atoms with Gasteiger partial charge in [0.25, 0.3) is 0 Å². The molecule has 16 heavy (non-hydrogen) atoms. The number of carbonyl (C=O) groups is 2. The minimum atomic E-state index is -0.322. The molecule has 2 N–H and O–H groups in total. The second kappa shape index (κ2) is 3.89. The third kappa shape index (κ3) is 1.42. The molecule has 0 spiro atoms. The monoisotopic (exact) mass is 329 g/mol. The molecule has 1 aliphatic carbocycles. The quantitative estimate of drug-likeness (QED) is 0.769. The molecule has 1 aromatic rings. The maximum Gasteiger partial charge on any atom is 0.210 e. The molecular formula is C11H8INO3. The fourth-order valence-electron chi connectivity index (χ4n) is 1.65. The van der Waals surface area contributed by atoms with Crippen molar-refractivity contribution in [2.24, 2.45) is 0 Å². The number of nitrogens with one attached hydrogen (secondary N) is 1. The first-order valence-electron chi connectivity index (χ1n) is 4.56. The summed E-state index contributed by atoms with van der Waals surface area (Å²) in [6.45, 7) is 0. The molecule has 1 aromatic carbocycles. The van der Waals surface area contributed by atoms with E-state index in [2.05, 4.69) is 5.32 Å². The van der Waals surface area contributed by atoms with Gasteiger partial charge < -0.3 is 10.4 Å². The van der Waals surface area contributed by atoms with Crippen LogP contribution in [0, 0.1) is 0 Å². The number of hydrogen-bond acceptors (Lipinski definition) is 4. The number of halogens is 1. The number of phenols is 1. The van der Waals surface area contributed by atoms with Crippen molar-refractivity contribution in [2.45, 2.75) is 0 Å². The smallest absolute Gasteiger partial charge is 0.210 e. The van der Waals surface area contributed by atoms with E-state index in [4.69, 9.17) is 0 Å². The lowest BCUT2D eigenvalue weighted by molar-refractivity contribution is 0.0975. The van der Waals surface area contributed by atoms with Crippen LogP contribution < -0.4 is 5.32 Å². The molecule has 0 radical (unpaired) electrons. The van der Waals surface area contributed by atoms with Gasteiger partial charge in [-0.15, -0.1) is 0 Å². The standard InChI is InChI=1S/C11H8INO3/c1-13-9-8(12)11(16)7-5(10(9)15)3-2-4-6(7)14/h2-4,13-14H,1H3. The summed E-state index contributed by atoms with van der Waals surface area (Å²) in [6, 6.07) is 4.48. The molecule has 0 amide bonds. The molecule has 0 aliphatic heterocycles. The van der Waals surface area contributed by atoms with E-state index in [1.807, 2.05) is 22.6 Å². The number of rotatable bonds is 1. The second-order valence-corrected chi connectivity index (χ2v) is 4.38. The zero-order valence-electron chi connectivity index (χ0n) is 8.37. The highest BCUT2D eigenvalue weighted by Gasteiger charge is 2.32. The third-order valence-corrected chi connectivity index (χ3v) is 3.44. The van der Waals surface area contributed by atoms with Gasteiger partial charge in [-0.25, -0.2) is 0 Å². The Kier molecular flexibility index (Phi) is 2.71. The topological polar surface area (TPSA) is 66.4 Å². The lowest BCUT2D eigenvalue weighted by atomic mass is 9.92. The summed E-state index contributed by atoms with van der Waals surface area (Å²) in [6.07, 6.45) is 0. The van der Waals surface area contributed by atoms with Gasteiger partial charge in [0.15, 0.2) is 0 Å². The van der Waals surface area contributed by atoms with Crippen LogP contribution in [-0.4, -0.2) is 23.7 Å². The number of hydrogen-bond donors (Lipinski definition) is 2. The van der Waals surface area contributed by atoms with Crippen molar-refractivity contribution in [1.82, 2.24) is 5.32 Å². The van der Waals surface area contributed by atoms with Crippen LogP contribution in [0.25, 0.3) is 0 Å². The molecule has 0 saturated carbocycles. The molecule has 1 aliphatic rings. The molecule has 0 heterocycles. The Bertz CT molecular complexity index is 534. The number of phenolic OH excluding ortho intramolecular Hbond substituents is 1. The zero-order valence-corrected chi connectivity index (χ0v) is 10.5. The maximum absolute atomic E-state index is 12.0. The van der Waals surface area contributed by atoms with Crippen molar-refractivity contribution in [2.75, 3.05) is 7.05 Å². The van der Waals surface area contributed by atoms with Gasteiger partial charge in [0.05, 0.1) is 9.14 Å². The number of aromatic hydroxyl groups is 1. The summed E-state index contributed by atoms with van der Waals surface area (Å²) in [5.41, 5.74) is 0.620. The van der Waals surface area contributed by atoms with Gasteiger partial charge in [0.2, 0.25) is 11.6 Å². The van der Waals surface area contributed by atoms with Crippen LogP contribution in [0.2, 0.25) is 0 Å². The Hall–Kier alpha value is -1.37. The van der Waals surface area contributed by atoms with Crippen LogP contribution >= 0.6 is 22.6 Å². The minimum Gasteiger partial charge on any atom is -0.507 e. The average Bonchev–Trinajstić information content (AvgIpc) is 2.27. The first-order valence-corrected chi connectivity index (χ1v) is 5.64. The van der Waals surface area contributed by atoms with Gasteiger partial charge in [-0.3, -0.25) is 9.59 Å². The Morgan fingerprint density at radius 2 is 1.94 bits per heavy atom. The van der Waals surface area contributed by atoms with Crippen LogP contribution in [0.5, 0.6) is 5.75 Å². The van der Waals surface area contributed by atoms with Crippen molar-refractivity contribution in [3.8, 4) is 5.75 Å². The molecule has 2 rings (SSSR count). The van der Waals surface area contributed by atoms with Gasteiger partial charge in [0.1, 0.15) is 11.4 Å². The van der Waals surface area contributed by atoms with Gasteiger partial charge in [-0.2, -0.15) is 0 Å². The number of allylic oxidation sites excluding steroid dienone is 2. The average molecular weight is 329 g/mol. The molecule has 0 saturated heterocycles. The maximum atomic E-state index is 12.0. The molecule has 0 atom stereocenters. The molecule has 5 heteroatoms. The predicted octanol–water partition coefficient (Wildman–Crippen LogP) is 1.64. The van der Waals surface area contributed by atoms with Crippen molar-refractivity contribution in [3.05, 3.63) is 38.6 Å². The molecule has 82 valence electrons. The Balaban J connectivity index is 2.74. The highest BCUT2D eigenvalue weighted by Crippen LogP contribution is 2.33. The number of Topliss-reactive ketones (excluding diaryl/α,β-unsaturated/α-hetero) is 2. The molecule has 0 aromatic heterocycles. The number of carbonyl (C=O) groups excluding carboxylic acids is 2. The highest BCUT2D eigenvalue weighted by atomic mass is 127. The molecule has 4 nitrogen and oxygen atoms in total. The SMILES string of the molecule is CNC1=C(I)C(=O)c2c(O)cccc2C1=O. The van der Waals surface area contributed by atoms with E-state index < -0.39 is 0 Å². The second-order valence-electron chi connectivity index (χ2n) is 3.30. The van der Waals surface area contributed by atoms with Gasteiger partial charge >= 0.3 is 0 Å². The van der Waals surface area contributed by atoms with Crippen molar-refractivity contribution in [3.63, 3.8) is 0 Å². The van der Waals surface area contributed by atoms with Crippen LogP contribution in [0.1, 0.15) is 20.7 Å². The normalized spacial score (nSPS) is 15.1. The zero-order chi connectivity index (χ0) is 11.9. The largest absolute Gasteiger partial charge is 0.507 e. The molecule has 0 fully saturated rings. The van der Waals surface area contributed by atoms with E-state index in [1.54, 1.807) is 13.1 Å². The predicted molar refractivity (Wildman–Crippen MR) is 66.9 cm³/mol. The summed E-state index contributed by atoms with van der Waals surface area (Å²) in [5, 5.41) is 12.3. The number of ketones is 2. The first-order chi connectivity index (χ1) is 7.57. The van der Waals surface area contributed by atoms with Gasteiger partial charge in [-0.05, 0) is 34.7 Å². The van der Waals surface area contributed by atoms with E-state index in [-0.39, 0.29) is 34.1 Å². The van der Waals surface area contributed by atoms with Crippen LogP contribution in [0.15, 0.2) is 27.5 Å². The van der Waals surface area contributed by atoms with Gasteiger partial charge in [0, 0.05) is 12.6 Å². The van der Waals surface area contributed by atoms with E-state index in [0.29, 0.717) is 3.58 Å². The van der Waals surface area contributed by atoms with Crippen LogP contribution in [-0.2, 0) is 0 Å². The van der Waals surface area contributed by atoms with Crippen LogP contribution in [0.4, 0.5) is 0 Å². The Labute approximate surface area is 105 Å². The Morgan fingerprint density at radius 3 is 2.56 bits per heavy atom. The molecular weight excluding hydrogens is 321 g/mol. The van der Waals surface area contributed by atoms with Crippen molar-refractivity contribution < 1.29 is 14.7 Å². The van der Waals surface area contributed by atoms with E-state index in [0.717, 1.165) is 0 Å². The Morgan fingerprint density at radius 1 is 1.25 bits per heavy atom. The summed E-state index contributed by atoms with van der Waals surface area (Å²) >= 11 is 1.81. The van der Waals surface area contributed by atoms with Crippen molar-refractivity contribution in [1.29, 1.82) is 0 Å². The third-order valence-electron chi connectivity index (χ3n) is 2.41. The van der Waals surface area contributed by atoms with E-state index >= 15 is 0 Å².